The van der Waals surface area contributed by atoms with Gasteiger partial charge in [0.2, 0.25) is 0 Å². The highest BCUT2D eigenvalue weighted by atomic mass is 19.1. The lowest BCUT2D eigenvalue weighted by atomic mass is 10.0. The van der Waals surface area contributed by atoms with Gasteiger partial charge in [0.1, 0.15) is 5.82 Å². The van der Waals surface area contributed by atoms with E-state index in [0.717, 1.165) is 24.9 Å². The molecule has 1 aliphatic heterocycles. The number of piperidine rings is 1. The molecule has 0 radical (unpaired) electrons. The fourth-order valence-corrected chi connectivity index (χ4v) is 2.42. The molecule has 3 N–H and O–H groups in total. The molecule has 0 spiro atoms. The maximum Gasteiger partial charge on any atom is 0.309 e. The molecular formula is C14H18FN3O2. The largest absolute Gasteiger partial charge is 0.361 e. The molecule has 1 aromatic rings. The molecule has 1 aromatic carbocycles. The summed E-state index contributed by atoms with van der Waals surface area (Å²) in [6, 6.07) is 6.31. The van der Waals surface area contributed by atoms with Gasteiger partial charge in [-0.1, -0.05) is 12.1 Å². The van der Waals surface area contributed by atoms with E-state index < -0.39 is 11.8 Å². The monoisotopic (exact) mass is 279 g/mol. The van der Waals surface area contributed by atoms with Crippen molar-refractivity contribution in [2.45, 2.75) is 25.4 Å². The number of nitrogens with one attached hydrogen (secondary N) is 1. The third kappa shape index (κ3) is 4.03. The number of carbonyl (C=O) groups is 2. The molecule has 1 fully saturated rings. The predicted octanol–water partition coefficient (Wildman–Crippen LogP) is 0.392. The second-order valence-corrected chi connectivity index (χ2v) is 5.04. The Morgan fingerprint density at radius 1 is 1.35 bits per heavy atom. The van der Waals surface area contributed by atoms with Crippen LogP contribution in [0.3, 0.4) is 0 Å². The van der Waals surface area contributed by atoms with Gasteiger partial charge in [-0.2, -0.15) is 0 Å². The standard InChI is InChI=1S/C14H18FN3O2/c15-11-5-3-10(4-6-11)8-18-7-1-2-12(9-18)17-14(20)13(16)19/h3-6,12H,1-2,7-9H2,(H2,16,19)(H,17,20)/t12-/m1/s1. The Morgan fingerprint density at radius 2 is 2.05 bits per heavy atom. The van der Waals surface area contributed by atoms with Crippen LogP contribution in [0.15, 0.2) is 24.3 Å². The fourth-order valence-electron chi connectivity index (χ4n) is 2.42. The number of hydrogen-bond acceptors (Lipinski definition) is 3. The third-order valence-electron chi connectivity index (χ3n) is 3.38. The van der Waals surface area contributed by atoms with E-state index in [1.54, 1.807) is 12.1 Å². The molecule has 2 amide bonds. The molecule has 1 aliphatic rings. The van der Waals surface area contributed by atoms with Crippen LogP contribution in [0.5, 0.6) is 0 Å². The van der Waals surface area contributed by atoms with Crippen molar-refractivity contribution < 1.29 is 14.0 Å². The highest BCUT2D eigenvalue weighted by Crippen LogP contribution is 2.14. The van der Waals surface area contributed by atoms with Gasteiger partial charge < -0.3 is 11.1 Å². The molecule has 0 bridgehead atoms. The van der Waals surface area contributed by atoms with Crippen LogP contribution < -0.4 is 11.1 Å². The Kier molecular flexibility index (Phi) is 4.68. The highest BCUT2D eigenvalue weighted by molar-refractivity contribution is 6.34. The third-order valence-corrected chi connectivity index (χ3v) is 3.38. The summed E-state index contributed by atoms with van der Waals surface area (Å²) in [5.74, 6) is -1.95. The molecule has 5 nitrogen and oxygen atoms in total. The summed E-state index contributed by atoms with van der Waals surface area (Å²) in [4.78, 5) is 24.2. The van der Waals surface area contributed by atoms with Crippen molar-refractivity contribution in [3.05, 3.63) is 35.6 Å². The van der Waals surface area contributed by atoms with Crippen LogP contribution in [0.25, 0.3) is 0 Å². The van der Waals surface area contributed by atoms with Crippen LogP contribution in [0.1, 0.15) is 18.4 Å². The van der Waals surface area contributed by atoms with Crippen LogP contribution in [-0.4, -0.2) is 35.8 Å². The Morgan fingerprint density at radius 3 is 2.70 bits per heavy atom. The number of carbonyl (C=O) groups excluding carboxylic acids is 2. The second-order valence-electron chi connectivity index (χ2n) is 5.04. The van der Waals surface area contributed by atoms with Crippen LogP contribution in [0.4, 0.5) is 4.39 Å². The van der Waals surface area contributed by atoms with Gasteiger partial charge in [-0.15, -0.1) is 0 Å². The van der Waals surface area contributed by atoms with Crippen molar-refractivity contribution in [2.75, 3.05) is 13.1 Å². The van der Waals surface area contributed by atoms with E-state index in [0.29, 0.717) is 13.1 Å². The number of nitrogens with zero attached hydrogens (tertiary/aromatic N) is 1. The molecular weight excluding hydrogens is 261 g/mol. The summed E-state index contributed by atoms with van der Waals surface area (Å²) < 4.78 is 12.8. The molecule has 2 rings (SSSR count). The number of amides is 2. The zero-order chi connectivity index (χ0) is 14.5. The number of rotatable bonds is 3. The van der Waals surface area contributed by atoms with Crippen LogP contribution in [-0.2, 0) is 16.1 Å². The van der Waals surface area contributed by atoms with Gasteiger partial charge >= 0.3 is 11.8 Å². The van der Waals surface area contributed by atoms with Crippen LogP contribution in [0.2, 0.25) is 0 Å². The zero-order valence-corrected chi connectivity index (χ0v) is 11.1. The van der Waals surface area contributed by atoms with E-state index in [9.17, 15) is 14.0 Å². The molecule has 1 atom stereocenters. The van der Waals surface area contributed by atoms with Crippen molar-refractivity contribution in [2.24, 2.45) is 5.73 Å². The molecule has 108 valence electrons. The molecule has 6 heteroatoms. The molecule has 20 heavy (non-hydrogen) atoms. The molecule has 0 saturated carbocycles. The van der Waals surface area contributed by atoms with E-state index in [-0.39, 0.29) is 11.9 Å². The van der Waals surface area contributed by atoms with E-state index in [2.05, 4.69) is 10.2 Å². The first-order chi connectivity index (χ1) is 9.54. The Labute approximate surface area is 116 Å². The summed E-state index contributed by atoms with van der Waals surface area (Å²) in [6.45, 7) is 2.28. The topological polar surface area (TPSA) is 75.4 Å². The lowest BCUT2D eigenvalue weighted by molar-refractivity contribution is -0.138. The van der Waals surface area contributed by atoms with Crippen molar-refractivity contribution in [1.29, 1.82) is 0 Å². The lowest BCUT2D eigenvalue weighted by Gasteiger charge is -2.32. The number of likely N-dealkylation sites (tertiary alicyclic amines) is 1. The average Bonchev–Trinajstić information content (AvgIpc) is 2.42. The Balaban J connectivity index is 1.88. The summed E-state index contributed by atoms with van der Waals surface area (Å²) in [7, 11) is 0. The minimum atomic E-state index is -0.958. The second kappa shape index (κ2) is 6.47. The number of nitrogens with two attached hydrogens (primary N) is 1. The van der Waals surface area contributed by atoms with Crippen LogP contribution >= 0.6 is 0 Å². The van der Waals surface area contributed by atoms with E-state index in [1.807, 2.05) is 0 Å². The summed E-state index contributed by atoms with van der Waals surface area (Å²) in [5.41, 5.74) is 5.95. The minimum absolute atomic E-state index is 0.0656. The van der Waals surface area contributed by atoms with Gasteiger partial charge in [0.25, 0.3) is 0 Å². The summed E-state index contributed by atoms with van der Waals surface area (Å²) >= 11 is 0. The summed E-state index contributed by atoms with van der Waals surface area (Å²) in [6.07, 6.45) is 1.77. The van der Waals surface area contributed by atoms with Gasteiger partial charge in [-0.25, -0.2) is 4.39 Å². The first-order valence-electron chi connectivity index (χ1n) is 6.61. The molecule has 1 saturated heterocycles. The first-order valence-corrected chi connectivity index (χ1v) is 6.61. The van der Waals surface area contributed by atoms with Crippen molar-refractivity contribution in [1.82, 2.24) is 10.2 Å². The van der Waals surface area contributed by atoms with Gasteiger partial charge in [0.05, 0.1) is 0 Å². The number of benzene rings is 1. The predicted molar refractivity (Wildman–Crippen MR) is 72.0 cm³/mol. The Bertz CT molecular complexity index is 490. The fraction of sp³-hybridized carbons (Fsp3) is 0.429. The van der Waals surface area contributed by atoms with Crippen molar-refractivity contribution >= 4 is 11.8 Å². The maximum absolute atomic E-state index is 12.8. The highest BCUT2D eigenvalue weighted by Gasteiger charge is 2.22. The van der Waals surface area contributed by atoms with Gasteiger partial charge in [-0.3, -0.25) is 14.5 Å². The smallest absolute Gasteiger partial charge is 0.309 e. The normalized spacial score (nSPS) is 19.6. The maximum atomic E-state index is 12.8. The van der Waals surface area contributed by atoms with Crippen molar-refractivity contribution in [3.8, 4) is 0 Å². The molecule has 1 heterocycles. The van der Waals surface area contributed by atoms with Gasteiger partial charge in [-0.05, 0) is 37.1 Å². The number of primary amides is 1. The quantitative estimate of drug-likeness (QED) is 0.786. The SMILES string of the molecule is NC(=O)C(=O)N[C@@H]1CCCN(Cc2ccc(F)cc2)C1. The number of halogens is 1. The van der Waals surface area contributed by atoms with E-state index >= 15 is 0 Å². The average molecular weight is 279 g/mol. The molecule has 0 aliphatic carbocycles. The molecule has 0 unspecified atom stereocenters. The zero-order valence-electron chi connectivity index (χ0n) is 11.1. The molecule has 0 aromatic heterocycles. The first kappa shape index (κ1) is 14.5. The van der Waals surface area contributed by atoms with E-state index in [1.165, 1.54) is 12.1 Å². The Hall–Kier alpha value is -1.95. The van der Waals surface area contributed by atoms with Gasteiger partial charge in [0.15, 0.2) is 0 Å². The van der Waals surface area contributed by atoms with E-state index in [4.69, 9.17) is 5.73 Å². The summed E-state index contributed by atoms with van der Waals surface area (Å²) in [5, 5.41) is 2.63. The van der Waals surface area contributed by atoms with Crippen LogP contribution in [0, 0.1) is 5.82 Å². The lowest BCUT2D eigenvalue weighted by Crippen LogP contribution is -2.50. The van der Waals surface area contributed by atoms with Crippen molar-refractivity contribution in [3.63, 3.8) is 0 Å². The number of hydrogen-bond donors (Lipinski definition) is 2. The minimum Gasteiger partial charge on any atom is -0.361 e. The van der Waals surface area contributed by atoms with Gasteiger partial charge in [0, 0.05) is 19.1 Å².